The molecule has 0 saturated carbocycles. The third-order valence-electron chi connectivity index (χ3n) is 6.13. The molecule has 34 heavy (non-hydrogen) atoms. The van der Waals surface area contributed by atoms with Gasteiger partial charge in [0.2, 0.25) is 0 Å². The van der Waals surface area contributed by atoms with Crippen molar-refractivity contribution >= 4 is 28.7 Å². The van der Waals surface area contributed by atoms with Gasteiger partial charge in [0.15, 0.2) is 5.97 Å². The number of fused-ring (bicyclic) bond motifs is 1. The number of hydrogen-bond acceptors (Lipinski definition) is 6. The highest BCUT2D eigenvalue weighted by atomic mass is 16.5. The van der Waals surface area contributed by atoms with Crippen molar-refractivity contribution in [2.24, 2.45) is 5.92 Å². The zero-order valence-electron chi connectivity index (χ0n) is 20.0. The van der Waals surface area contributed by atoms with Crippen molar-refractivity contribution in [3.63, 3.8) is 0 Å². The Hall–Kier alpha value is -2.97. The number of nitrogens with one attached hydrogen (secondary N) is 1. The molecule has 2 N–H and O–H groups in total. The highest BCUT2D eigenvalue weighted by Crippen LogP contribution is 2.27. The summed E-state index contributed by atoms with van der Waals surface area (Å²) in [6, 6.07) is 14.7. The number of quaternary nitrogens is 1. The van der Waals surface area contributed by atoms with Crippen LogP contribution < -0.4 is 10.0 Å². The first kappa shape index (κ1) is 27.3. The van der Waals surface area contributed by atoms with Crippen molar-refractivity contribution in [3.8, 4) is 0 Å². The van der Waals surface area contributed by atoms with Gasteiger partial charge in [-0.3, -0.25) is 4.79 Å². The molecule has 2 atom stereocenters. The predicted molar refractivity (Wildman–Crippen MR) is 125 cm³/mol. The van der Waals surface area contributed by atoms with Crippen LogP contribution in [0.3, 0.4) is 0 Å². The van der Waals surface area contributed by atoms with Crippen LogP contribution in [0.5, 0.6) is 0 Å². The average Bonchev–Trinajstić information content (AvgIpc) is 3.35. The molecule has 0 aromatic heterocycles. The standard InChI is InChI=1S/C24H33NO3.C2H2O4/c1-3-25(4-2)14-16-28-24(26)21(18-22-12-8-15-27-22)17-20-11-7-10-19-9-5-6-13-23(19)20;3-1(4)2(5)6/h5-7,9-11,13,21-22H,3-4,8,12,14-18H2,1-2H3;(H,3,4)(H,5,6). The summed E-state index contributed by atoms with van der Waals surface area (Å²) in [5, 5.41) is 18.8. The predicted octanol–water partition coefficient (Wildman–Crippen LogP) is 0.856. The molecule has 2 aromatic rings. The fourth-order valence-corrected chi connectivity index (χ4v) is 4.16. The SMILES string of the molecule is CC[NH+](CC)CCOC(=O)C(Cc1cccc2ccccc12)CC1CCCO1.O=C([O-])C(=O)O. The van der Waals surface area contributed by atoms with Crippen molar-refractivity contribution in [2.75, 3.05) is 32.8 Å². The van der Waals surface area contributed by atoms with E-state index >= 15 is 0 Å². The summed E-state index contributed by atoms with van der Waals surface area (Å²) >= 11 is 0. The van der Waals surface area contributed by atoms with E-state index in [9.17, 15) is 4.79 Å². The second kappa shape index (κ2) is 14.3. The molecular weight excluding hydrogens is 438 g/mol. The van der Waals surface area contributed by atoms with Crippen LogP contribution in [0.4, 0.5) is 0 Å². The molecule has 0 radical (unpaired) electrons. The van der Waals surface area contributed by atoms with Crippen LogP contribution in [0.1, 0.15) is 38.7 Å². The van der Waals surface area contributed by atoms with Crippen LogP contribution in [0.25, 0.3) is 10.8 Å². The lowest BCUT2D eigenvalue weighted by molar-refractivity contribution is -0.896. The fraction of sp³-hybridized carbons (Fsp3) is 0.500. The van der Waals surface area contributed by atoms with Crippen molar-refractivity contribution in [3.05, 3.63) is 48.0 Å². The van der Waals surface area contributed by atoms with E-state index in [1.807, 2.05) is 0 Å². The first-order chi connectivity index (χ1) is 16.3. The van der Waals surface area contributed by atoms with Gasteiger partial charge in [0.25, 0.3) is 0 Å². The summed E-state index contributed by atoms with van der Waals surface area (Å²) < 4.78 is 11.5. The maximum Gasteiger partial charge on any atom is 0.351 e. The summed E-state index contributed by atoms with van der Waals surface area (Å²) in [6.07, 6.45) is 3.77. The fourth-order valence-electron chi connectivity index (χ4n) is 4.16. The Morgan fingerprint density at radius 2 is 1.82 bits per heavy atom. The summed E-state index contributed by atoms with van der Waals surface area (Å²) in [4.78, 5) is 32.4. The number of carbonyl (C=O) groups excluding carboxylic acids is 2. The minimum Gasteiger partial charge on any atom is -0.539 e. The van der Waals surface area contributed by atoms with Gasteiger partial charge in [-0.2, -0.15) is 0 Å². The summed E-state index contributed by atoms with van der Waals surface area (Å²) in [5.41, 5.74) is 1.22. The highest BCUT2D eigenvalue weighted by Gasteiger charge is 2.28. The molecule has 1 saturated heterocycles. The van der Waals surface area contributed by atoms with Gasteiger partial charge < -0.3 is 29.4 Å². The molecule has 1 fully saturated rings. The maximum atomic E-state index is 12.9. The van der Waals surface area contributed by atoms with E-state index in [0.717, 1.165) is 45.5 Å². The Morgan fingerprint density at radius 3 is 2.44 bits per heavy atom. The molecule has 0 bridgehead atoms. The second-order valence-corrected chi connectivity index (χ2v) is 8.38. The van der Waals surface area contributed by atoms with Crippen molar-refractivity contribution in [2.45, 2.75) is 45.6 Å². The van der Waals surface area contributed by atoms with Gasteiger partial charge in [-0.15, -0.1) is 0 Å². The quantitative estimate of drug-likeness (QED) is 0.388. The molecule has 2 unspecified atom stereocenters. The molecule has 8 heteroatoms. The third-order valence-corrected chi connectivity index (χ3v) is 6.13. The van der Waals surface area contributed by atoms with Crippen LogP contribution in [-0.2, 0) is 30.3 Å². The molecule has 1 aliphatic heterocycles. The first-order valence-electron chi connectivity index (χ1n) is 11.9. The van der Waals surface area contributed by atoms with E-state index in [1.54, 1.807) is 0 Å². The zero-order chi connectivity index (χ0) is 24.9. The molecule has 1 heterocycles. The van der Waals surface area contributed by atoms with E-state index in [1.165, 1.54) is 21.2 Å². The van der Waals surface area contributed by atoms with E-state index in [0.29, 0.717) is 13.0 Å². The van der Waals surface area contributed by atoms with Crippen LogP contribution in [0, 0.1) is 5.92 Å². The number of esters is 1. The Labute approximate surface area is 200 Å². The molecule has 186 valence electrons. The smallest absolute Gasteiger partial charge is 0.351 e. The van der Waals surface area contributed by atoms with E-state index in [4.69, 9.17) is 29.3 Å². The monoisotopic (exact) mass is 473 g/mol. The Kier molecular flexibility index (Phi) is 11.5. The lowest BCUT2D eigenvalue weighted by Gasteiger charge is -2.21. The van der Waals surface area contributed by atoms with Gasteiger partial charge in [0.05, 0.1) is 25.1 Å². The minimum atomic E-state index is -2.07. The Bertz CT molecular complexity index is 918. The number of rotatable bonds is 10. The number of ether oxygens (including phenoxy) is 2. The lowest BCUT2D eigenvalue weighted by atomic mass is 9.90. The summed E-state index contributed by atoms with van der Waals surface area (Å²) in [5.74, 6) is -4.24. The van der Waals surface area contributed by atoms with Gasteiger partial charge >= 0.3 is 11.9 Å². The number of benzene rings is 2. The highest BCUT2D eigenvalue weighted by molar-refractivity contribution is 6.26. The van der Waals surface area contributed by atoms with Crippen molar-refractivity contribution in [1.82, 2.24) is 0 Å². The Balaban J connectivity index is 0.000000604. The van der Waals surface area contributed by atoms with Crippen LogP contribution >= 0.6 is 0 Å². The molecule has 1 aliphatic rings. The topological polar surface area (TPSA) is 117 Å². The minimum absolute atomic E-state index is 0.0741. The normalized spacial score (nSPS) is 16.0. The van der Waals surface area contributed by atoms with E-state index < -0.39 is 11.9 Å². The van der Waals surface area contributed by atoms with Gasteiger partial charge in [0.1, 0.15) is 13.2 Å². The molecule has 0 spiro atoms. The summed E-state index contributed by atoms with van der Waals surface area (Å²) in [6.45, 7) is 8.63. The lowest BCUT2D eigenvalue weighted by Crippen LogP contribution is -3.11. The molecule has 3 rings (SSSR count). The number of hydrogen-bond donors (Lipinski definition) is 2. The van der Waals surface area contributed by atoms with E-state index in [2.05, 4.69) is 56.3 Å². The number of likely N-dealkylation sites (N-methyl/N-ethyl adjacent to an activating group) is 1. The van der Waals surface area contributed by atoms with Gasteiger partial charge in [-0.25, -0.2) is 4.79 Å². The maximum absolute atomic E-state index is 12.9. The van der Waals surface area contributed by atoms with Gasteiger partial charge in [-0.1, -0.05) is 42.5 Å². The second-order valence-electron chi connectivity index (χ2n) is 8.38. The number of carboxylic acid groups (broad SMARTS) is 2. The number of carbonyl (C=O) groups is 3. The van der Waals surface area contributed by atoms with Crippen molar-refractivity contribution in [1.29, 1.82) is 0 Å². The summed E-state index contributed by atoms with van der Waals surface area (Å²) in [7, 11) is 0. The van der Waals surface area contributed by atoms with E-state index in [-0.39, 0.29) is 18.0 Å². The Morgan fingerprint density at radius 1 is 1.15 bits per heavy atom. The average molecular weight is 474 g/mol. The van der Waals surface area contributed by atoms with Gasteiger partial charge in [-0.05, 0) is 55.9 Å². The molecule has 0 amide bonds. The zero-order valence-corrected chi connectivity index (χ0v) is 20.0. The first-order valence-corrected chi connectivity index (χ1v) is 11.9. The number of carboxylic acids is 2. The third kappa shape index (κ3) is 8.76. The van der Waals surface area contributed by atoms with Crippen LogP contribution in [0.2, 0.25) is 0 Å². The number of aliphatic carboxylic acids is 2. The van der Waals surface area contributed by atoms with Gasteiger partial charge in [0, 0.05) is 6.61 Å². The van der Waals surface area contributed by atoms with Crippen molar-refractivity contribution < 1.29 is 39.0 Å². The molecular formula is C26H35NO7. The molecule has 2 aromatic carbocycles. The largest absolute Gasteiger partial charge is 0.539 e. The molecule has 0 aliphatic carbocycles. The molecule has 8 nitrogen and oxygen atoms in total. The van der Waals surface area contributed by atoms with Crippen LogP contribution in [0.15, 0.2) is 42.5 Å². The van der Waals surface area contributed by atoms with Crippen LogP contribution in [-0.4, -0.2) is 62.0 Å².